The van der Waals surface area contributed by atoms with Gasteiger partial charge in [0.1, 0.15) is 22.3 Å². The Bertz CT molecular complexity index is 1410. The molecule has 0 saturated heterocycles. The Labute approximate surface area is 163 Å². The second-order valence-electron chi connectivity index (χ2n) is 6.79. The molecule has 0 aliphatic heterocycles. The number of imidazole rings is 2. The van der Waals surface area contributed by atoms with Crippen molar-refractivity contribution in [2.75, 3.05) is 0 Å². The van der Waals surface area contributed by atoms with Crippen LogP contribution in [0.25, 0.3) is 33.4 Å². The fourth-order valence-electron chi connectivity index (χ4n) is 3.58. The zero-order valence-electron chi connectivity index (χ0n) is 15.5. The molecule has 0 radical (unpaired) electrons. The van der Waals surface area contributed by atoms with E-state index in [-0.39, 0.29) is 7.43 Å². The number of aromatic nitrogens is 6. The highest BCUT2D eigenvalue weighted by Gasteiger charge is 2.09. The molecule has 0 bridgehead atoms. The van der Waals surface area contributed by atoms with Crippen LogP contribution in [0.3, 0.4) is 0 Å². The molecule has 6 rings (SSSR count). The SMILES string of the molecule is C.Cc1[nH]cc2c1nc1ccccn12.Cc1c2c(cn1C)nc1ccccn12. The van der Waals surface area contributed by atoms with E-state index >= 15 is 0 Å². The van der Waals surface area contributed by atoms with E-state index in [0.717, 1.165) is 33.5 Å². The standard InChI is InChI=1S/C11H11N3.C10H9N3.CH4/c1-8-11-9(7-13(8)2)12-10-5-3-4-6-14(10)11;1-7-10-8(6-11-7)13-5-3-2-4-9(13)12-10;/h3-7H,1-2H3;2-6,11H,1H3;1H4. The molecule has 6 heteroatoms. The summed E-state index contributed by atoms with van der Waals surface area (Å²) in [5.74, 6) is 0. The number of pyridine rings is 2. The lowest BCUT2D eigenvalue weighted by Gasteiger charge is -1.97. The summed E-state index contributed by atoms with van der Waals surface area (Å²) in [5, 5.41) is 0. The summed E-state index contributed by atoms with van der Waals surface area (Å²) < 4.78 is 6.32. The summed E-state index contributed by atoms with van der Waals surface area (Å²) in [6.07, 6.45) is 8.14. The molecule has 0 aliphatic carbocycles. The van der Waals surface area contributed by atoms with Gasteiger partial charge in [0.25, 0.3) is 0 Å². The zero-order chi connectivity index (χ0) is 18.5. The van der Waals surface area contributed by atoms with Gasteiger partial charge >= 0.3 is 0 Å². The van der Waals surface area contributed by atoms with E-state index in [2.05, 4.69) is 47.6 Å². The molecule has 6 nitrogen and oxygen atoms in total. The lowest BCUT2D eigenvalue weighted by molar-refractivity contribution is 0.883. The Hall–Kier alpha value is -3.54. The predicted octanol–water partition coefficient (Wildman–Crippen LogP) is 4.89. The van der Waals surface area contributed by atoms with Crippen molar-refractivity contribution in [2.24, 2.45) is 7.05 Å². The van der Waals surface area contributed by atoms with E-state index in [1.807, 2.05) is 62.8 Å². The van der Waals surface area contributed by atoms with Crippen LogP contribution in [0.4, 0.5) is 0 Å². The number of aryl methyl sites for hydroxylation is 3. The molecule has 6 heterocycles. The van der Waals surface area contributed by atoms with Crippen molar-refractivity contribution in [3.05, 3.63) is 72.6 Å². The van der Waals surface area contributed by atoms with Crippen LogP contribution in [0.2, 0.25) is 0 Å². The largest absolute Gasteiger partial charge is 0.362 e. The number of hydrogen-bond donors (Lipinski definition) is 1. The third kappa shape index (κ3) is 2.57. The van der Waals surface area contributed by atoms with Crippen LogP contribution in [-0.4, -0.2) is 28.3 Å². The highest BCUT2D eigenvalue weighted by molar-refractivity contribution is 5.83. The highest BCUT2D eigenvalue weighted by atomic mass is 15.1. The minimum absolute atomic E-state index is 0. The second-order valence-corrected chi connectivity index (χ2v) is 6.79. The molecule has 1 N–H and O–H groups in total. The molecule has 0 aromatic carbocycles. The Morgan fingerprint density at radius 1 is 0.893 bits per heavy atom. The zero-order valence-corrected chi connectivity index (χ0v) is 15.5. The summed E-state index contributed by atoms with van der Waals surface area (Å²) in [7, 11) is 2.05. The van der Waals surface area contributed by atoms with Gasteiger partial charge in [-0.15, -0.1) is 0 Å². The summed E-state index contributed by atoms with van der Waals surface area (Å²) in [4.78, 5) is 12.2. The third-order valence-electron chi connectivity index (χ3n) is 5.09. The Morgan fingerprint density at radius 3 is 2.32 bits per heavy atom. The number of nitrogens with one attached hydrogen (secondary N) is 1. The van der Waals surface area contributed by atoms with E-state index < -0.39 is 0 Å². The van der Waals surface area contributed by atoms with Crippen LogP contribution in [-0.2, 0) is 7.05 Å². The number of fused-ring (bicyclic) bond motifs is 6. The molecule has 142 valence electrons. The lowest BCUT2D eigenvalue weighted by Crippen LogP contribution is -1.90. The van der Waals surface area contributed by atoms with Crippen molar-refractivity contribution >= 4 is 33.4 Å². The molecule has 0 unspecified atom stereocenters. The van der Waals surface area contributed by atoms with Gasteiger partial charge in [-0.25, -0.2) is 9.97 Å². The smallest absolute Gasteiger partial charge is 0.138 e. The Balaban J connectivity index is 0.000000133. The number of hydrogen-bond acceptors (Lipinski definition) is 2. The van der Waals surface area contributed by atoms with Gasteiger partial charge in [-0.2, -0.15) is 0 Å². The number of aromatic amines is 1. The van der Waals surface area contributed by atoms with Crippen molar-refractivity contribution in [3.8, 4) is 0 Å². The van der Waals surface area contributed by atoms with Crippen molar-refractivity contribution in [3.63, 3.8) is 0 Å². The maximum absolute atomic E-state index is 4.54. The monoisotopic (exact) mass is 372 g/mol. The first-order chi connectivity index (χ1) is 13.1. The Morgan fingerprint density at radius 2 is 1.57 bits per heavy atom. The van der Waals surface area contributed by atoms with Gasteiger partial charge in [0, 0.05) is 43.2 Å². The molecule has 0 saturated carbocycles. The molecule has 6 aromatic rings. The normalized spacial score (nSPS) is 11.1. The van der Waals surface area contributed by atoms with Crippen LogP contribution in [0, 0.1) is 13.8 Å². The van der Waals surface area contributed by atoms with Gasteiger partial charge in [-0.3, -0.25) is 8.80 Å². The summed E-state index contributed by atoms with van der Waals surface area (Å²) >= 11 is 0. The first-order valence-electron chi connectivity index (χ1n) is 8.93. The van der Waals surface area contributed by atoms with E-state index in [9.17, 15) is 0 Å². The van der Waals surface area contributed by atoms with Crippen molar-refractivity contribution < 1.29 is 0 Å². The van der Waals surface area contributed by atoms with E-state index in [0.29, 0.717) is 0 Å². The average Bonchev–Trinajstić information content (AvgIpc) is 3.39. The van der Waals surface area contributed by atoms with Gasteiger partial charge in [0.15, 0.2) is 0 Å². The van der Waals surface area contributed by atoms with Crippen LogP contribution in [0.15, 0.2) is 61.2 Å². The molecule has 6 aromatic heterocycles. The van der Waals surface area contributed by atoms with Crippen LogP contribution in [0.1, 0.15) is 18.8 Å². The maximum atomic E-state index is 4.54. The van der Waals surface area contributed by atoms with Crippen molar-refractivity contribution in [2.45, 2.75) is 21.3 Å². The van der Waals surface area contributed by atoms with Crippen LogP contribution < -0.4 is 0 Å². The summed E-state index contributed by atoms with van der Waals surface area (Å²) in [6, 6.07) is 12.1. The van der Waals surface area contributed by atoms with E-state index in [4.69, 9.17) is 0 Å². The fourth-order valence-corrected chi connectivity index (χ4v) is 3.58. The van der Waals surface area contributed by atoms with E-state index in [1.165, 1.54) is 11.2 Å². The van der Waals surface area contributed by atoms with Crippen molar-refractivity contribution in [1.29, 1.82) is 0 Å². The van der Waals surface area contributed by atoms with Gasteiger partial charge < -0.3 is 9.55 Å². The third-order valence-corrected chi connectivity index (χ3v) is 5.09. The molecule has 0 fully saturated rings. The van der Waals surface area contributed by atoms with Gasteiger partial charge in [0.2, 0.25) is 0 Å². The van der Waals surface area contributed by atoms with Gasteiger partial charge in [0.05, 0.1) is 11.0 Å². The molecule has 28 heavy (non-hydrogen) atoms. The number of rotatable bonds is 0. The molecule has 0 aliphatic rings. The number of nitrogens with zero attached hydrogens (tertiary/aromatic N) is 5. The predicted molar refractivity (Wildman–Crippen MR) is 115 cm³/mol. The van der Waals surface area contributed by atoms with Crippen LogP contribution in [0.5, 0.6) is 0 Å². The minimum Gasteiger partial charge on any atom is -0.362 e. The summed E-state index contributed by atoms with van der Waals surface area (Å²) in [5.41, 5.74) is 8.88. The molecule has 0 spiro atoms. The van der Waals surface area contributed by atoms with E-state index in [1.54, 1.807) is 0 Å². The first-order valence-corrected chi connectivity index (χ1v) is 8.93. The summed E-state index contributed by atoms with van der Waals surface area (Å²) in [6.45, 7) is 4.15. The highest BCUT2D eigenvalue weighted by Crippen LogP contribution is 2.21. The molecular formula is C22H24N6. The molecule has 0 atom stereocenters. The fraction of sp³-hybridized carbons (Fsp3) is 0.182. The topological polar surface area (TPSA) is 55.3 Å². The van der Waals surface area contributed by atoms with Crippen LogP contribution >= 0.6 is 0 Å². The molecular weight excluding hydrogens is 348 g/mol. The Kier molecular flexibility index (Phi) is 4.19. The molecule has 0 amide bonds. The first kappa shape index (κ1) is 17.9. The van der Waals surface area contributed by atoms with Gasteiger partial charge in [-0.05, 0) is 38.1 Å². The average molecular weight is 372 g/mol. The minimum atomic E-state index is 0. The second kappa shape index (κ2) is 6.56. The quantitative estimate of drug-likeness (QED) is 0.412. The van der Waals surface area contributed by atoms with Gasteiger partial charge in [-0.1, -0.05) is 19.6 Å². The number of H-pyrrole nitrogens is 1. The van der Waals surface area contributed by atoms with Crippen molar-refractivity contribution in [1.82, 2.24) is 28.3 Å². The maximum Gasteiger partial charge on any atom is 0.138 e. The lowest BCUT2D eigenvalue weighted by atomic mass is 10.4.